The first-order valence-corrected chi connectivity index (χ1v) is 14.8. The molecule has 2 amide bonds. The number of likely N-dealkylation sites (tertiary alicyclic amines) is 1. The molecule has 1 saturated heterocycles. The van der Waals surface area contributed by atoms with Crippen LogP contribution in [0.3, 0.4) is 0 Å². The van der Waals surface area contributed by atoms with E-state index in [0.717, 1.165) is 27.6 Å². The van der Waals surface area contributed by atoms with E-state index in [9.17, 15) is 14.4 Å². The number of amides is 2. The number of esters is 1. The van der Waals surface area contributed by atoms with Crippen molar-refractivity contribution >= 4 is 28.7 Å². The molecular weight excluding hydrogens is 528 g/mol. The fourth-order valence-electron chi connectivity index (χ4n) is 6.12. The Hall–Kier alpha value is -3.91. The van der Waals surface area contributed by atoms with Crippen LogP contribution >= 0.6 is 0 Å². The van der Waals surface area contributed by atoms with Gasteiger partial charge in [0.1, 0.15) is 6.04 Å². The van der Waals surface area contributed by atoms with Gasteiger partial charge in [-0.15, -0.1) is 0 Å². The topological polar surface area (TPSA) is 118 Å². The maximum Gasteiger partial charge on any atom is 0.314 e. The number of H-pyrrole nitrogens is 1. The molecule has 2 atom stereocenters. The zero-order valence-corrected chi connectivity index (χ0v) is 25.2. The first kappa shape index (κ1) is 31.0. The second-order valence-corrected chi connectivity index (χ2v) is 12.3. The van der Waals surface area contributed by atoms with Crippen molar-refractivity contribution in [2.24, 2.45) is 11.1 Å². The molecule has 1 fully saturated rings. The second-order valence-electron chi connectivity index (χ2n) is 12.3. The number of aromatic nitrogens is 1. The first-order chi connectivity index (χ1) is 20.0. The lowest BCUT2D eigenvalue weighted by atomic mass is 9.75. The van der Waals surface area contributed by atoms with Gasteiger partial charge < -0.3 is 25.7 Å². The van der Waals surface area contributed by atoms with Crippen LogP contribution in [-0.2, 0) is 32.0 Å². The van der Waals surface area contributed by atoms with Gasteiger partial charge in [-0.3, -0.25) is 14.4 Å². The number of nitrogens with two attached hydrogens (primary N) is 1. The van der Waals surface area contributed by atoms with Crippen molar-refractivity contribution in [3.63, 3.8) is 0 Å². The van der Waals surface area contributed by atoms with Crippen molar-refractivity contribution in [1.82, 2.24) is 15.2 Å². The molecule has 1 aliphatic heterocycles. The zero-order valence-electron chi connectivity index (χ0n) is 25.2. The lowest BCUT2D eigenvalue weighted by Gasteiger charge is -2.42. The Morgan fingerprint density at radius 2 is 1.86 bits per heavy atom. The number of benzene rings is 2. The standard InChI is InChI=1S/C34H44N4O4/c1-5-42-32(41)34(21-25-12-7-6-8-13-25)16-11-17-38(23-34)31(40)29(37-30(39)18-24(2)20-33(3,4)35)19-26-22-36-28-15-10-9-14-27(26)28/h6-10,12-15,18,22,29,36H,5,11,16-17,19-21,23,35H2,1-4H3,(H,37,39)/b24-18+/t29-,34?/m1/s1. The van der Waals surface area contributed by atoms with Gasteiger partial charge in [0.25, 0.3) is 0 Å². The van der Waals surface area contributed by atoms with Crippen LogP contribution in [0.1, 0.15) is 58.1 Å². The number of para-hydroxylation sites is 1. The SMILES string of the molecule is CCOC(=O)C1(Cc2ccccc2)CCCN(C(=O)[C@@H](Cc2c[nH]c3ccccc23)NC(=O)/C=C(\C)CC(C)(C)N)C1. The highest BCUT2D eigenvalue weighted by molar-refractivity contribution is 5.94. The lowest BCUT2D eigenvalue weighted by Crippen LogP contribution is -2.56. The van der Waals surface area contributed by atoms with Crippen molar-refractivity contribution in [1.29, 1.82) is 0 Å². The smallest absolute Gasteiger partial charge is 0.314 e. The van der Waals surface area contributed by atoms with Gasteiger partial charge in [0.2, 0.25) is 11.8 Å². The Kier molecular flexibility index (Phi) is 9.89. The number of hydrogen-bond donors (Lipinski definition) is 3. The number of nitrogens with one attached hydrogen (secondary N) is 2. The van der Waals surface area contributed by atoms with E-state index in [1.165, 1.54) is 6.08 Å². The maximum absolute atomic E-state index is 14.2. The summed E-state index contributed by atoms with van der Waals surface area (Å²) in [5.41, 5.74) is 8.60. The van der Waals surface area contributed by atoms with Crippen LogP contribution in [0.5, 0.6) is 0 Å². The summed E-state index contributed by atoms with van der Waals surface area (Å²) in [6.45, 7) is 8.50. The molecule has 0 saturated carbocycles. The van der Waals surface area contributed by atoms with Crippen molar-refractivity contribution in [2.75, 3.05) is 19.7 Å². The molecule has 4 rings (SSSR count). The summed E-state index contributed by atoms with van der Waals surface area (Å²) in [5.74, 6) is -0.834. The maximum atomic E-state index is 14.2. The highest BCUT2D eigenvalue weighted by Gasteiger charge is 2.45. The van der Waals surface area contributed by atoms with Gasteiger partial charge in [-0.1, -0.05) is 54.1 Å². The summed E-state index contributed by atoms with van der Waals surface area (Å²) in [4.78, 5) is 45.9. The monoisotopic (exact) mass is 572 g/mol. The number of nitrogens with zero attached hydrogens (tertiary/aromatic N) is 1. The van der Waals surface area contributed by atoms with Gasteiger partial charge in [0, 0.05) is 48.2 Å². The Morgan fingerprint density at radius 3 is 2.57 bits per heavy atom. The van der Waals surface area contributed by atoms with Crippen LogP contribution in [0.15, 0.2) is 72.4 Å². The van der Waals surface area contributed by atoms with Gasteiger partial charge in [0.15, 0.2) is 0 Å². The minimum absolute atomic E-state index is 0.208. The third kappa shape index (κ3) is 7.88. The van der Waals surface area contributed by atoms with Crippen LogP contribution in [-0.4, -0.2) is 58.9 Å². The first-order valence-electron chi connectivity index (χ1n) is 14.8. The molecule has 0 aliphatic carbocycles. The zero-order chi connectivity index (χ0) is 30.3. The number of piperidine rings is 1. The third-order valence-corrected chi connectivity index (χ3v) is 7.81. The van der Waals surface area contributed by atoms with Gasteiger partial charge in [0.05, 0.1) is 12.0 Å². The summed E-state index contributed by atoms with van der Waals surface area (Å²) >= 11 is 0. The largest absolute Gasteiger partial charge is 0.466 e. The van der Waals surface area contributed by atoms with E-state index < -0.39 is 17.0 Å². The normalized spacial score (nSPS) is 18.5. The van der Waals surface area contributed by atoms with E-state index in [-0.39, 0.29) is 30.9 Å². The van der Waals surface area contributed by atoms with Gasteiger partial charge in [-0.2, -0.15) is 0 Å². The van der Waals surface area contributed by atoms with E-state index in [2.05, 4.69) is 10.3 Å². The Bertz CT molecular complexity index is 1420. The second kappa shape index (κ2) is 13.4. The third-order valence-electron chi connectivity index (χ3n) is 7.81. The van der Waals surface area contributed by atoms with Crippen molar-refractivity contribution in [3.8, 4) is 0 Å². The summed E-state index contributed by atoms with van der Waals surface area (Å²) in [5, 5.41) is 3.99. The van der Waals surface area contributed by atoms with Crippen LogP contribution in [0.4, 0.5) is 0 Å². The number of rotatable bonds is 11. The predicted octanol–water partition coefficient (Wildman–Crippen LogP) is 4.68. The molecule has 1 aromatic heterocycles. The molecule has 0 bridgehead atoms. The molecule has 1 aliphatic rings. The molecule has 1 unspecified atom stereocenters. The summed E-state index contributed by atoms with van der Waals surface area (Å²) < 4.78 is 5.56. The molecule has 42 heavy (non-hydrogen) atoms. The predicted molar refractivity (Wildman–Crippen MR) is 166 cm³/mol. The molecular formula is C34H44N4O4. The van der Waals surface area contributed by atoms with Crippen LogP contribution in [0.25, 0.3) is 10.9 Å². The van der Waals surface area contributed by atoms with E-state index in [1.54, 1.807) is 11.8 Å². The Morgan fingerprint density at radius 1 is 1.14 bits per heavy atom. The summed E-state index contributed by atoms with van der Waals surface area (Å²) in [6.07, 6.45) is 6.05. The molecule has 4 N–H and O–H groups in total. The van der Waals surface area contributed by atoms with E-state index in [1.807, 2.05) is 81.6 Å². The molecule has 8 nitrogen and oxygen atoms in total. The number of carbonyl (C=O) groups excluding carboxylic acids is 3. The molecule has 2 aromatic carbocycles. The van der Waals surface area contributed by atoms with E-state index in [0.29, 0.717) is 38.6 Å². The highest BCUT2D eigenvalue weighted by atomic mass is 16.5. The lowest BCUT2D eigenvalue weighted by molar-refractivity contribution is -0.161. The van der Waals surface area contributed by atoms with E-state index in [4.69, 9.17) is 10.5 Å². The van der Waals surface area contributed by atoms with Crippen molar-refractivity contribution in [2.45, 2.75) is 71.4 Å². The number of ether oxygens (including phenoxy) is 1. The summed E-state index contributed by atoms with van der Waals surface area (Å²) in [7, 11) is 0. The highest BCUT2D eigenvalue weighted by Crippen LogP contribution is 2.36. The molecule has 0 radical (unpaired) electrons. The van der Waals surface area contributed by atoms with Gasteiger partial charge >= 0.3 is 5.97 Å². The van der Waals surface area contributed by atoms with Gasteiger partial charge in [-0.05, 0) is 70.6 Å². The van der Waals surface area contributed by atoms with Crippen molar-refractivity contribution < 1.29 is 19.1 Å². The molecule has 3 aromatic rings. The molecule has 2 heterocycles. The van der Waals surface area contributed by atoms with Gasteiger partial charge in [-0.25, -0.2) is 0 Å². The minimum atomic E-state index is -0.857. The fourth-order valence-corrected chi connectivity index (χ4v) is 6.12. The number of carbonyl (C=O) groups is 3. The molecule has 0 spiro atoms. The van der Waals surface area contributed by atoms with Crippen LogP contribution < -0.4 is 11.1 Å². The molecule has 224 valence electrons. The minimum Gasteiger partial charge on any atom is -0.466 e. The summed E-state index contributed by atoms with van der Waals surface area (Å²) in [6, 6.07) is 16.9. The van der Waals surface area contributed by atoms with E-state index >= 15 is 0 Å². The fraction of sp³-hybridized carbons (Fsp3) is 0.441. The van der Waals surface area contributed by atoms with Crippen molar-refractivity contribution in [3.05, 3.63) is 83.6 Å². The molecule has 8 heteroatoms. The quantitative estimate of drug-likeness (QED) is 0.228. The Labute approximate surface area is 248 Å². The number of aromatic amines is 1. The van der Waals surface area contributed by atoms with Crippen LogP contribution in [0, 0.1) is 5.41 Å². The average Bonchev–Trinajstić information content (AvgIpc) is 3.34. The van der Waals surface area contributed by atoms with Crippen LogP contribution in [0.2, 0.25) is 0 Å². The average molecular weight is 573 g/mol. The number of hydrogen-bond acceptors (Lipinski definition) is 5. The Balaban J connectivity index is 1.62. The number of fused-ring (bicyclic) bond motifs is 1.